The first-order valence-electron chi connectivity index (χ1n) is 2.98. The first-order chi connectivity index (χ1) is 5.58. The zero-order chi connectivity index (χ0) is 9.98. The molecule has 0 bridgehead atoms. The Morgan fingerprint density at radius 1 is 1.23 bits per heavy atom. The third-order valence-electron chi connectivity index (χ3n) is 0.583. The minimum absolute atomic E-state index is 0. The van der Waals surface area contributed by atoms with E-state index in [-0.39, 0.29) is 13.4 Å². The van der Waals surface area contributed by atoms with Crippen LogP contribution in [0, 0.1) is 0 Å². The second-order valence-electron chi connectivity index (χ2n) is 1.43. The molecule has 0 atom stereocenters. The van der Waals surface area contributed by atoms with Crippen molar-refractivity contribution in [1.82, 2.24) is 0 Å². The quantitative estimate of drug-likeness (QED) is 0.467. The predicted octanol–water partition coefficient (Wildman–Crippen LogP) is 1.73. The van der Waals surface area contributed by atoms with Crippen LogP contribution >= 0.6 is 0 Å². The van der Waals surface area contributed by atoms with E-state index in [1.165, 1.54) is 21.1 Å². The van der Waals surface area contributed by atoms with E-state index in [0.717, 1.165) is 6.26 Å². The van der Waals surface area contributed by atoms with Gasteiger partial charge in [0.1, 0.15) is 0 Å². The predicted molar refractivity (Wildman–Crippen MR) is 48.1 cm³/mol. The molecule has 0 aliphatic rings. The van der Waals surface area contributed by atoms with E-state index in [2.05, 4.69) is 20.8 Å². The van der Waals surface area contributed by atoms with Crippen LogP contribution in [-0.2, 0) is 19.0 Å². The van der Waals surface area contributed by atoms with Crippen LogP contribution in [0.4, 0.5) is 4.79 Å². The Bertz CT molecular complexity index is 147. The third-order valence-corrected chi connectivity index (χ3v) is 0.583. The first-order valence-corrected chi connectivity index (χ1v) is 2.98. The highest BCUT2D eigenvalue weighted by atomic mass is 16.7. The smallest absolute Gasteiger partial charge is 0.438 e. The summed E-state index contributed by atoms with van der Waals surface area (Å²) in [4.78, 5) is 19.5. The lowest BCUT2D eigenvalue weighted by Crippen LogP contribution is -1.97. The molecule has 0 aromatic rings. The van der Waals surface area contributed by atoms with Crippen LogP contribution in [0.15, 0.2) is 12.8 Å². The summed E-state index contributed by atoms with van der Waals surface area (Å²) in [6.45, 7) is 4.48. The lowest BCUT2D eigenvalue weighted by atomic mass is 10.8. The van der Waals surface area contributed by atoms with Gasteiger partial charge in [-0.2, -0.15) is 0 Å². The number of hydrogen-bond donors (Lipinski definition) is 0. The first kappa shape index (κ1) is 17.5. The largest absolute Gasteiger partial charge is 0.507 e. The summed E-state index contributed by atoms with van der Waals surface area (Å²) in [5.41, 5.74) is 0. The van der Waals surface area contributed by atoms with E-state index in [1.807, 2.05) is 0 Å². The second kappa shape index (κ2) is 13.1. The van der Waals surface area contributed by atoms with Gasteiger partial charge in [-0.3, -0.25) is 4.79 Å². The Labute approximate surface area is 78.3 Å². The number of methoxy groups -OCH3 is 2. The molecule has 0 aliphatic carbocycles. The normalized spacial score (nSPS) is 6.38. The molecule has 0 unspecified atom stereocenters. The zero-order valence-corrected chi connectivity index (χ0v) is 7.33. The molecule has 0 saturated heterocycles. The molecule has 0 amide bonds. The minimum Gasteiger partial charge on any atom is -0.438 e. The van der Waals surface area contributed by atoms with Gasteiger partial charge >= 0.3 is 12.1 Å². The highest BCUT2D eigenvalue weighted by Crippen LogP contribution is 1.72. The molecule has 0 heterocycles. The summed E-state index contributed by atoms with van der Waals surface area (Å²) >= 11 is 0. The highest BCUT2D eigenvalue weighted by Gasteiger charge is 1.88. The molecular formula is C8H16O5. The van der Waals surface area contributed by atoms with Crippen LogP contribution in [0.3, 0.4) is 0 Å². The summed E-state index contributed by atoms with van der Waals surface area (Å²) in [5, 5.41) is 0. The molecule has 0 aromatic heterocycles. The lowest BCUT2D eigenvalue weighted by Gasteiger charge is -1.89. The molecule has 13 heavy (non-hydrogen) atoms. The van der Waals surface area contributed by atoms with Gasteiger partial charge in [0.2, 0.25) is 0 Å². The molecule has 0 aromatic carbocycles. The molecule has 0 spiro atoms. The van der Waals surface area contributed by atoms with Gasteiger partial charge in [-0.25, -0.2) is 4.79 Å². The van der Waals surface area contributed by atoms with Crippen LogP contribution < -0.4 is 0 Å². The number of rotatable bonds is 1. The molecule has 0 saturated carbocycles. The van der Waals surface area contributed by atoms with Crippen LogP contribution in [0.2, 0.25) is 0 Å². The lowest BCUT2D eigenvalue weighted by molar-refractivity contribution is -0.135. The van der Waals surface area contributed by atoms with Crippen molar-refractivity contribution in [3.63, 3.8) is 0 Å². The Hall–Kier alpha value is -1.52. The SMILES string of the molecule is C.C=COC(C)=O.COC(=O)OC. The van der Waals surface area contributed by atoms with Gasteiger partial charge in [0.05, 0.1) is 20.5 Å². The molecule has 0 fully saturated rings. The summed E-state index contributed by atoms with van der Waals surface area (Å²) in [7, 11) is 2.51. The van der Waals surface area contributed by atoms with Crippen molar-refractivity contribution >= 4 is 12.1 Å². The number of esters is 1. The van der Waals surface area contributed by atoms with Gasteiger partial charge in [-0.1, -0.05) is 14.0 Å². The Kier molecular flexibility index (Phi) is 17.7. The van der Waals surface area contributed by atoms with E-state index < -0.39 is 6.16 Å². The summed E-state index contributed by atoms with van der Waals surface area (Å²) in [6.07, 6.45) is 0.442. The van der Waals surface area contributed by atoms with Gasteiger partial charge in [0.15, 0.2) is 0 Å². The van der Waals surface area contributed by atoms with E-state index in [1.54, 1.807) is 0 Å². The van der Waals surface area contributed by atoms with Crippen molar-refractivity contribution < 1.29 is 23.8 Å². The number of hydrogen-bond acceptors (Lipinski definition) is 5. The molecule has 5 nitrogen and oxygen atoms in total. The molecule has 0 N–H and O–H groups in total. The Morgan fingerprint density at radius 3 is 1.62 bits per heavy atom. The molecule has 78 valence electrons. The van der Waals surface area contributed by atoms with E-state index in [9.17, 15) is 9.59 Å². The fourth-order valence-corrected chi connectivity index (χ4v) is 0.201. The molecule has 0 aliphatic heterocycles. The summed E-state index contributed by atoms with van der Waals surface area (Å²) < 4.78 is 12.2. The molecular weight excluding hydrogens is 176 g/mol. The average Bonchev–Trinajstić information content (AvgIpc) is 2.04. The van der Waals surface area contributed by atoms with Crippen molar-refractivity contribution in [2.45, 2.75) is 14.4 Å². The highest BCUT2D eigenvalue weighted by molar-refractivity contribution is 5.66. The van der Waals surface area contributed by atoms with Gasteiger partial charge in [-0.15, -0.1) is 0 Å². The zero-order valence-electron chi connectivity index (χ0n) is 7.33. The van der Waals surface area contributed by atoms with Gasteiger partial charge in [0.25, 0.3) is 0 Å². The van der Waals surface area contributed by atoms with Crippen molar-refractivity contribution in [1.29, 1.82) is 0 Å². The Balaban J connectivity index is -0.000000143. The minimum atomic E-state index is -0.657. The fourth-order valence-electron chi connectivity index (χ4n) is 0.201. The van der Waals surface area contributed by atoms with E-state index in [4.69, 9.17) is 0 Å². The van der Waals surface area contributed by atoms with Crippen molar-refractivity contribution in [2.24, 2.45) is 0 Å². The monoisotopic (exact) mass is 192 g/mol. The maximum Gasteiger partial charge on any atom is 0.507 e. The maximum atomic E-state index is 9.75. The number of ether oxygens (including phenoxy) is 3. The van der Waals surface area contributed by atoms with Gasteiger partial charge in [-0.05, 0) is 0 Å². The van der Waals surface area contributed by atoms with Gasteiger partial charge < -0.3 is 14.2 Å². The molecule has 0 rings (SSSR count). The second-order valence-corrected chi connectivity index (χ2v) is 1.43. The molecule has 0 radical (unpaired) electrons. The standard InChI is InChI=1S/C4H6O2.C3H6O3.CH4/c1-3-6-4(2)5;1-5-3(4)6-2;/h3H,1H2,2H3;1-2H3;1H4. The topological polar surface area (TPSA) is 61.8 Å². The summed E-state index contributed by atoms with van der Waals surface area (Å²) in [5.74, 6) is -0.329. The van der Waals surface area contributed by atoms with Crippen LogP contribution in [0.5, 0.6) is 0 Å². The summed E-state index contributed by atoms with van der Waals surface area (Å²) in [6, 6.07) is 0. The maximum absolute atomic E-state index is 9.75. The van der Waals surface area contributed by atoms with E-state index in [0.29, 0.717) is 0 Å². The average molecular weight is 192 g/mol. The van der Waals surface area contributed by atoms with Gasteiger partial charge in [0, 0.05) is 6.92 Å². The third kappa shape index (κ3) is 25.1. The molecule has 5 heteroatoms. The Morgan fingerprint density at radius 2 is 1.62 bits per heavy atom. The van der Waals surface area contributed by atoms with Crippen LogP contribution in [-0.4, -0.2) is 26.3 Å². The van der Waals surface area contributed by atoms with Crippen molar-refractivity contribution in [3.8, 4) is 0 Å². The fraction of sp³-hybridized carbons (Fsp3) is 0.500. The number of carbonyl (C=O) groups is 2. The van der Waals surface area contributed by atoms with Crippen LogP contribution in [0.1, 0.15) is 14.4 Å². The van der Waals surface area contributed by atoms with Crippen molar-refractivity contribution in [3.05, 3.63) is 12.8 Å². The van der Waals surface area contributed by atoms with Crippen LogP contribution in [0.25, 0.3) is 0 Å². The number of carbonyl (C=O) groups excluding carboxylic acids is 2. The van der Waals surface area contributed by atoms with Crippen molar-refractivity contribution in [2.75, 3.05) is 14.2 Å². The van der Waals surface area contributed by atoms with E-state index >= 15 is 0 Å².